The van der Waals surface area contributed by atoms with Crippen molar-refractivity contribution in [2.45, 2.75) is 31.6 Å². The van der Waals surface area contributed by atoms with Crippen LogP contribution in [0.25, 0.3) is 0 Å². The third kappa shape index (κ3) is 2.73. The molecular weight excluding hydrogens is 148 g/mol. The molecular formula is C8H15F2N. The van der Waals surface area contributed by atoms with Crippen molar-refractivity contribution in [3.8, 4) is 0 Å². The summed E-state index contributed by atoms with van der Waals surface area (Å²) < 4.78 is 25.2. The molecule has 0 aliphatic heterocycles. The minimum Gasteiger partial charge on any atom is -0.319 e. The topological polar surface area (TPSA) is 12.0 Å². The van der Waals surface area contributed by atoms with Crippen LogP contribution in [0.2, 0.25) is 0 Å². The zero-order valence-corrected chi connectivity index (χ0v) is 6.87. The number of nitrogens with one attached hydrogen (secondary N) is 1. The molecule has 0 aromatic heterocycles. The van der Waals surface area contributed by atoms with Crippen molar-refractivity contribution >= 4 is 0 Å². The lowest BCUT2D eigenvalue weighted by Gasteiger charge is -2.27. The third-order valence-corrected chi connectivity index (χ3v) is 2.33. The first-order chi connectivity index (χ1) is 5.14. The van der Waals surface area contributed by atoms with E-state index in [0.29, 0.717) is 18.8 Å². The molecule has 1 aliphatic rings. The van der Waals surface area contributed by atoms with Gasteiger partial charge in [0.05, 0.1) is 0 Å². The van der Waals surface area contributed by atoms with Crippen molar-refractivity contribution in [2.75, 3.05) is 13.6 Å². The smallest absolute Gasteiger partial charge is 0.248 e. The van der Waals surface area contributed by atoms with Gasteiger partial charge in [-0.3, -0.25) is 0 Å². The van der Waals surface area contributed by atoms with Gasteiger partial charge >= 0.3 is 0 Å². The highest BCUT2D eigenvalue weighted by Crippen LogP contribution is 2.35. The van der Waals surface area contributed by atoms with Crippen LogP contribution in [-0.2, 0) is 0 Å². The minimum absolute atomic E-state index is 0.0827. The van der Waals surface area contributed by atoms with Crippen LogP contribution in [0.5, 0.6) is 0 Å². The van der Waals surface area contributed by atoms with E-state index >= 15 is 0 Å². The van der Waals surface area contributed by atoms with Gasteiger partial charge in [0.25, 0.3) is 0 Å². The highest BCUT2D eigenvalue weighted by atomic mass is 19.3. The Morgan fingerprint density at radius 3 is 2.36 bits per heavy atom. The second-order valence-corrected chi connectivity index (χ2v) is 3.36. The van der Waals surface area contributed by atoms with Crippen LogP contribution in [0.15, 0.2) is 0 Å². The van der Waals surface area contributed by atoms with Crippen molar-refractivity contribution in [1.29, 1.82) is 0 Å². The van der Waals surface area contributed by atoms with E-state index in [0.717, 1.165) is 6.54 Å². The molecule has 1 aliphatic carbocycles. The van der Waals surface area contributed by atoms with E-state index in [1.165, 1.54) is 0 Å². The average Bonchev–Trinajstić information content (AvgIpc) is 1.94. The summed E-state index contributed by atoms with van der Waals surface area (Å²) in [6.07, 6.45) is 1.51. The Morgan fingerprint density at radius 2 is 1.91 bits per heavy atom. The summed E-state index contributed by atoms with van der Waals surface area (Å²) in [5.74, 6) is -1.90. The fourth-order valence-electron chi connectivity index (χ4n) is 1.59. The molecule has 0 saturated heterocycles. The van der Waals surface area contributed by atoms with E-state index in [9.17, 15) is 8.78 Å². The number of alkyl halides is 2. The van der Waals surface area contributed by atoms with Crippen molar-refractivity contribution < 1.29 is 8.78 Å². The van der Waals surface area contributed by atoms with Crippen molar-refractivity contribution in [3.63, 3.8) is 0 Å². The maximum atomic E-state index is 12.6. The summed E-state index contributed by atoms with van der Waals surface area (Å²) in [6, 6.07) is 0. The van der Waals surface area contributed by atoms with Crippen LogP contribution in [0.3, 0.4) is 0 Å². The molecule has 0 atom stereocenters. The number of halogens is 2. The fraction of sp³-hybridized carbons (Fsp3) is 1.00. The van der Waals surface area contributed by atoms with Gasteiger partial charge in [-0.05, 0) is 32.4 Å². The molecule has 1 saturated carbocycles. The van der Waals surface area contributed by atoms with Gasteiger partial charge in [0, 0.05) is 12.8 Å². The lowest BCUT2D eigenvalue weighted by Crippen LogP contribution is -2.29. The lowest BCUT2D eigenvalue weighted by molar-refractivity contribution is -0.0453. The Bertz CT molecular complexity index is 115. The fourth-order valence-corrected chi connectivity index (χ4v) is 1.59. The van der Waals surface area contributed by atoms with Crippen LogP contribution in [-0.4, -0.2) is 19.5 Å². The van der Waals surface area contributed by atoms with E-state index in [1.807, 2.05) is 7.05 Å². The summed E-state index contributed by atoms with van der Waals surface area (Å²) in [6.45, 7) is 0.885. The first kappa shape index (κ1) is 8.91. The van der Waals surface area contributed by atoms with Gasteiger partial charge in [0.15, 0.2) is 0 Å². The molecule has 1 rings (SSSR count). The Hall–Kier alpha value is -0.180. The molecule has 0 radical (unpaired) electrons. The third-order valence-electron chi connectivity index (χ3n) is 2.33. The van der Waals surface area contributed by atoms with Gasteiger partial charge in [0.2, 0.25) is 5.92 Å². The Balaban J connectivity index is 2.25. The van der Waals surface area contributed by atoms with E-state index in [4.69, 9.17) is 0 Å². The molecule has 1 N–H and O–H groups in total. The van der Waals surface area contributed by atoms with Crippen LogP contribution in [0.4, 0.5) is 8.78 Å². The van der Waals surface area contributed by atoms with E-state index in [-0.39, 0.29) is 12.8 Å². The SMILES string of the molecule is CNCC1CCC(F)(F)CC1. The van der Waals surface area contributed by atoms with Gasteiger partial charge in [-0.25, -0.2) is 8.78 Å². The Morgan fingerprint density at radius 1 is 1.36 bits per heavy atom. The normalized spacial score (nSPS) is 25.4. The standard InChI is InChI=1S/C8H15F2N/c1-11-6-7-2-4-8(9,10)5-3-7/h7,11H,2-6H2,1H3. The lowest BCUT2D eigenvalue weighted by atomic mass is 9.87. The predicted octanol–water partition coefficient (Wildman–Crippen LogP) is 2.03. The Labute approximate surface area is 66.2 Å². The van der Waals surface area contributed by atoms with Crippen molar-refractivity contribution in [3.05, 3.63) is 0 Å². The minimum atomic E-state index is -2.37. The maximum absolute atomic E-state index is 12.6. The molecule has 66 valence electrons. The number of rotatable bonds is 2. The summed E-state index contributed by atoms with van der Waals surface area (Å²) in [4.78, 5) is 0. The van der Waals surface area contributed by atoms with Crippen molar-refractivity contribution in [1.82, 2.24) is 5.32 Å². The maximum Gasteiger partial charge on any atom is 0.248 e. The summed E-state index contributed by atoms with van der Waals surface area (Å²) in [7, 11) is 1.87. The molecule has 0 amide bonds. The molecule has 0 unspecified atom stereocenters. The predicted molar refractivity (Wildman–Crippen MR) is 40.8 cm³/mol. The summed E-state index contributed by atoms with van der Waals surface area (Å²) >= 11 is 0. The second-order valence-electron chi connectivity index (χ2n) is 3.36. The first-order valence-corrected chi connectivity index (χ1v) is 4.16. The molecule has 0 spiro atoms. The molecule has 11 heavy (non-hydrogen) atoms. The van der Waals surface area contributed by atoms with Gasteiger partial charge in [0.1, 0.15) is 0 Å². The average molecular weight is 163 g/mol. The monoisotopic (exact) mass is 163 g/mol. The first-order valence-electron chi connectivity index (χ1n) is 4.16. The molecule has 0 aromatic carbocycles. The van der Waals surface area contributed by atoms with Gasteiger partial charge < -0.3 is 5.32 Å². The summed E-state index contributed by atoms with van der Waals surface area (Å²) in [5.41, 5.74) is 0. The zero-order chi connectivity index (χ0) is 8.32. The molecule has 1 nitrogen and oxygen atoms in total. The molecule has 0 aromatic rings. The van der Waals surface area contributed by atoms with Gasteiger partial charge in [-0.1, -0.05) is 0 Å². The molecule has 0 bridgehead atoms. The van der Waals surface area contributed by atoms with E-state index < -0.39 is 5.92 Å². The van der Waals surface area contributed by atoms with Crippen LogP contribution in [0, 0.1) is 5.92 Å². The Kier molecular flexibility index (Phi) is 2.82. The number of hydrogen-bond donors (Lipinski definition) is 1. The largest absolute Gasteiger partial charge is 0.319 e. The van der Waals surface area contributed by atoms with Gasteiger partial charge in [-0.2, -0.15) is 0 Å². The molecule has 1 fully saturated rings. The second kappa shape index (κ2) is 3.48. The molecule has 0 heterocycles. The highest BCUT2D eigenvalue weighted by Gasteiger charge is 2.34. The molecule has 3 heteroatoms. The summed E-state index contributed by atoms with van der Waals surface area (Å²) in [5, 5.41) is 3.02. The van der Waals surface area contributed by atoms with Crippen LogP contribution < -0.4 is 5.32 Å². The van der Waals surface area contributed by atoms with Crippen molar-refractivity contribution in [2.24, 2.45) is 5.92 Å². The quantitative estimate of drug-likeness (QED) is 0.656. The number of hydrogen-bond acceptors (Lipinski definition) is 1. The van der Waals surface area contributed by atoms with Gasteiger partial charge in [-0.15, -0.1) is 0 Å². The highest BCUT2D eigenvalue weighted by molar-refractivity contribution is 4.77. The van der Waals surface area contributed by atoms with E-state index in [1.54, 1.807) is 0 Å². The zero-order valence-electron chi connectivity index (χ0n) is 6.87. The van der Waals surface area contributed by atoms with Crippen LogP contribution >= 0.6 is 0 Å². The van der Waals surface area contributed by atoms with Crippen LogP contribution in [0.1, 0.15) is 25.7 Å². The van der Waals surface area contributed by atoms with E-state index in [2.05, 4.69) is 5.32 Å².